The Hall–Kier alpha value is -2.74. The Bertz CT molecular complexity index is 617. The molecule has 0 radical (unpaired) electrons. The molecule has 1 aromatic carbocycles. The van der Waals surface area contributed by atoms with Gasteiger partial charge in [0.2, 0.25) is 0 Å². The van der Waals surface area contributed by atoms with Gasteiger partial charge in [0.25, 0.3) is 5.91 Å². The van der Waals surface area contributed by atoms with Gasteiger partial charge in [-0.25, -0.2) is 9.37 Å². The highest BCUT2D eigenvalue weighted by atomic mass is 19.1. The van der Waals surface area contributed by atoms with Crippen LogP contribution in [0.2, 0.25) is 0 Å². The normalized spacial score (nSPS) is 9.56. The van der Waals surface area contributed by atoms with Gasteiger partial charge >= 0.3 is 0 Å². The van der Waals surface area contributed by atoms with Crippen LogP contribution in [-0.4, -0.2) is 10.9 Å². The Morgan fingerprint density at radius 3 is 2.78 bits per heavy atom. The lowest BCUT2D eigenvalue weighted by Crippen LogP contribution is -2.12. The lowest BCUT2D eigenvalue weighted by Gasteiger charge is -2.04. The molecule has 4 nitrogen and oxygen atoms in total. The van der Waals surface area contributed by atoms with Crippen molar-refractivity contribution in [3.63, 3.8) is 0 Å². The third kappa shape index (κ3) is 2.68. The fourth-order valence-electron chi connectivity index (χ4n) is 1.36. The summed E-state index contributed by atoms with van der Waals surface area (Å²) in [5.74, 6) is -0.830. The monoisotopic (exact) mass is 241 g/mol. The van der Waals surface area contributed by atoms with Crippen molar-refractivity contribution in [1.29, 1.82) is 5.26 Å². The van der Waals surface area contributed by atoms with Crippen molar-refractivity contribution in [3.05, 3.63) is 59.7 Å². The van der Waals surface area contributed by atoms with Gasteiger partial charge in [-0.15, -0.1) is 0 Å². The molecule has 1 heterocycles. The Morgan fingerprint density at radius 2 is 2.17 bits per heavy atom. The van der Waals surface area contributed by atoms with Crippen LogP contribution in [0.25, 0.3) is 0 Å². The molecule has 0 atom stereocenters. The molecule has 88 valence electrons. The second-order valence-electron chi connectivity index (χ2n) is 3.51. The van der Waals surface area contributed by atoms with Crippen LogP contribution in [0.15, 0.2) is 42.6 Å². The number of pyridine rings is 1. The van der Waals surface area contributed by atoms with E-state index in [0.29, 0.717) is 11.3 Å². The van der Waals surface area contributed by atoms with E-state index in [1.165, 1.54) is 36.5 Å². The van der Waals surface area contributed by atoms with Crippen molar-refractivity contribution < 1.29 is 9.18 Å². The van der Waals surface area contributed by atoms with E-state index in [4.69, 9.17) is 5.26 Å². The molecule has 0 aliphatic carbocycles. The van der Waals surface area contributed by atoms with Gasteiger partial charge in [-0.3, -0.25) is 4.79 Å². The highest BCUT2D eigenvalue weighted by Gasteiger charge is 2.07. The van der Waals surface area contributed by atoms with Gasteiger partial charge in [0, 0.05) is 11.9 Å². The van der Waals surface area contributed by atoms with Crippen molar-refractivity contribution in [3.8, 4) is 6.07 Å². The SMILES string of the molecule is N#Cc1ccc(C(=O)Nc2cccc(F)c2)cn1. The standard InChI is InChI=1S/C13H8FN3O/c14-10-2-1-3-11(6-10)17-13(18)9-4-5-12(7-15)16-8-9/h1-6,8H,(H,17,18). The number of hydrogen-bond donors (Lipinski definition) is 1. The van der Waals surface area contributed by atoms with Crippen molar-refractivity contribution in [1.82, 2.24) is 4.98 Å². The minimum Gasteiger partial charge on any atom is -0.322 e. The molecule has 2 rings (SSSR count). The number of amides is 1. The third-order valence-corrected chi connectivity index (χ3v) is 2.22. The summed E-state index contributed by atoms with van der Waals surface area (Å²) in [6.07, 6.45) is 1.30. The first-order valence-electron chi connectivity index (χ1n) is 5.12. The lowest BCUT2D eigenvalue weighted by molar-refractivity contribution is 0.102. The number of benzene rings is 1. The highest BCUT2D eigenvalue weighted by molar-refractivity contribution is 6.04. The average molecular weight is 241 g/mol. The number of hydrogen-bond acceptors (Lipinski definition) is 3. The maximum Gasteiger partial charge on any atom is 0.257 e. The van der Waals surface area contributed by atoms with Crippen molar-refractivity contribution in [2.45, 2.75) is 0 Å². The maximum absolute atomic E-state index is 12.9. The largest absolute Gasteiger partial charge is 0.322 e. The number of nitrogens with one attached hydrogen (secondary N) is 1. The quantitative estimate of drug-likeness (QED) is 0.877. The summed E-state index contributed by atoms with van der Waals surface area (Å²) in [6.45, 7) is 0. The summed E-state index contributed by atoms with van der Waals surface area (Å²) < 4.78 is 12.9. The van der Waals surface area contributed by atoms with Crippen LogP contribution in [-0.2, 0) is 0 Å². The Balaban J connectivity index is 2.14. The minimum atomic E-state index is -0.425. The number of nitriles is 1. The van der Waals surface area contributed by atoms with E-state index in [0.717, 1.165) is 0 Å². The van der Waals surface area contributed by atoms with E-state index in [1.54, 1.807) is 6.07 Å². The number of halogens is 1. The molecule has 0 spiro atoms. The molecule has 18 heavy (non-hydrogen) atoms. The van der Waals surface area contributed by atoms with E-state index in [9.17, 15) is 9.18 Å². The fourth-order valence-corrected chi connectivity index (χ4v) is 1.36. The van der Waals surface area contributed by atoms with Gasteiger partial charge in [-0.05, 0) is 30.3 Å². The van der Waals surface area contributed by atoms with Crippen LogP contribution in [0.4, 0.5) is 10.1 Å². The summed E-state index contributed by atoms with van der Waals surface area (Å²) >= 11 is 0. The minimum absolute atomic E-state index is 0.234. The first-order valence-corrected chi connectivity index (χ1v) is 5.12. The number of nitrogens with zero attached hydrogens (tertiary/aromatic N) is 2. The van der Waals surface area contributed by atoms with Crippen molar-refractivity contribution in [2.75, 3.05) is 5.32 Å². The molecular weight excluding hydrogens is 233 g/mol. The highest BCUT2D eigenvalue weighted by Crippen LogP contribution is 2.11. The summed E-state index contributed by atoms with van der Waals surface area (Å²) in [5.41, 5.74) is 0.903. The van der Waals surface area contributed by atoms with E-state index in [2.05, 4.69) is 10.3 Å². The number of carbonyl (C=O) groups excluding carboxylic acids is 1. The van der Waals surface area contributed by atoms with Gasteiger partial charge in [0.1, 0.15) is 17.6 Å². The van der Waals surface area contributed by atoms with Gasteiger partial charge < -0.3 is 5.32 Å². The number of carbonyl (C=O) groups is 1. The van der Waals surface area contributed by atoms with Crippen molar-refractivity contribution >= 4 is 11.6 Å². The van der Waals surface area contributed by atoms with Crippen LogP contribution in [0, 0.1) is 17.1 Å². The molecule has 5 heteroatoms. The number of anilines is 1. The molecule has 0 fully saturated rings. The van der Waals surface area contributed by atoms with Crippen LogP contribution in [0.1, 0.15) is 16.1 Å². The molecule has 2 aromatic rings. The van der Waals surface area contributed by atoms with Crippen LogP contribution in [0.3, 0.4) is 0 Å². The summed E-state index contributed by atoms with van der Waals surface area (Å²) in [4.78, 5) is 15.5. The fraction of sp³-hybridized carbons (Fsp3) is 0. The molecular formula is C13H8FN3O. The molecule has 1 N–H and O–H groups in total. The van der Waals surface area contributed by atoms with Crippen LogP contribution in [0.5, 0.6) is 0 Å². The topological polar surface area (TPSA) is 65.8 Å². The predicted molar refractivity (Wildman–Crippen MR) is 63.3 cm³/mol. The smallest absolute Gasteiger partial charge is 0.257 e. The first-order chi connectivity index (χ1) is 8.69. The van der Waals surface area contributed by atoms with Gasteiger partial charge in [0.15, 0.2) is 0 Å². The van der Waals surface area contributed by atoms with E-state index in [-0.39, 0.29) is 5.69 Å². The zero-order chi connectivity index (χ0) is 13.0. The average Bonchev–Trinajstić information content (AvgIpc) is 2.39. The molecule has 1 amide bonds. The molecule has 0 aliphatic rings. The number of rotatable bonds is 2. The van der Waals surface area contributed by atoms with Crippen LogP contribution >= 0.6 is 0 Å². The summed E-state index contributed by atoms with van der Waals surface area (Å²) in [6, 6.07) is 10.4. The molecule has 0 saturated heterocycles. The molecule has 0 unspecified atom stereocenters. The maximum atomic E-state index is 12.9. The first kappa shape index (κ1) is 11.7. The van der Waals surface area contributed by atoms with Gasteiger partial charge in [-0.1, -0.05) is 6.07 Å². The third-order valence-electron chi connectivity index (χ3n) is 2.22. The second kappa shape index (κ2) is 5.06. The zero-order valence-corrected chi connectivity index (χ0v) is 9.22. The van der Waals surface area contributed by atoms with E-state index in [1.807, 2.05) is 6.07 Å². The van der Waals surface area contributed by atoms with Crippen molar-refractivity contribution in [2.24, 2.45) is 0 Å². The molecule has 0 saturated carbocycles. The zero-order valence-electron chi connectivity index (χ0n) is 9.22. The predicted octanol–water partition coefficient (Wildman–Crippen LogP) is 2.34. The molecule has 0 bridgehead atoms. The Kier molecular flexibility index (Phi) is 3.30. The Morgan fingerprint density at radius 1 is 1.33 bits per heavy atom. The van der Waals surface area contributed by atoms with Crippen LogP contribution < -0.4 is 5.32 Å². The van der Waals surface area contributed by atoms with Gasteiger partial charge in [-0.2, -0.15) is 5.26 Å². The molecule has 1 aromatic heterocycles. The van der Waals surface area contributed by atoms with Gasteiger partial charge in [0.05, 0.1) is 5.56 Å². The van der Waals surface area contributed by atoms with E-state index >= 15 is 0 Å². The summed E-state index contributed by atoms with van der Waals surface area (Å²) in [7, 11) is 0. The Labute approximate surface area is 103 Å². The summed E-state index contributed by atoms with van der Waals surface area (Å²) in [5, 5.41) is 11.1. The molecule has 0 aliphatic heterocycles. The van der Waals surface area contributed by atoms with E-state index < -0.39 is 11.7 Å². The second-order valence-corrected chi connectivity index (χ2v) is 3.51. The lowest BCUT2D eigenvalue weighted by atomic mass is 10.2. The number of aromatic nitrogens is 1.